The van der Waals surface area contributed by atoms with Gasteiger partial charge in [-0.15, -0.1) is 0 Å². The minimum absolute atomic E-state index is 0.0555. The fraction of sp³-hybridized carbons (Fsp3) is 0.562. The Kier molecular flexibility index (Phi) is 7.97. The van der Waals surface area contributed by atoms with E-state index in [2.05, 4.69) is 12.2 Å². The number of aliphatic hydroxyl groups is 1. The van der Waals surface area contributed by atoms with E-state index in [0.29, 0.717) is 13.1 Å². The van der Waals surface area contributed by atoms with Gasteiger partial charge in [-0.05, 0) is 37.6 Å². The molecule has 0 aromatic heterocycles. The Hall–Kier alpha value is -1.43. The lowest BCUT2D eigenvalue weighted by Crippen LogP contribution is -2.43. The highest BCUT2D eigenvalue weighted by molar-refractivity contribution is 5.94. The van der Waals surface area contributed by atoms with E-state index in [4.69, 9.17) is 10.8 Å². The van der Waals surface area contributed by atoms with Gasteiger partial charge in [-0.3, -0.25) is 9.69 Å². The van der Waals surface area contributed by atoms with Gasteiger partial charge in [0.2, 0.25) is 5.91 Å². The van der Waals surface area contributed by atoms with Crippen molar-refractivity contribution in [3.8, 4) is 0 Å². The van der Waals surface area contributed by atoms with Gasteiger partial charge in [-0.1, -0.05) is 25.5 Å². The van der Waals surface area contributed by atoms with Crippen LogP contribution in [-0.4, -0.2) is 41.7 Å². The van der Waals surface area contributed by atoms with Crippen LogP contribution in [0.15, 0.2) is 24.3 Å². The van der Waals surface area contributed by atoms with Crippen molar-refractivity contribution in [2.75, 3.05) is 25.0 Å². The Balaban J connectivity index is 2.61. The average Bonchev–Trinajstić information content (AvgIpc) is 2.51. The van der Waals surface area contributed by atoms with E-state index in [1.807, 2.05) is 36.1 Å². The maximum atomic E-state index is 12.3. The number of unbranched alkanes of at least 4 members (excludes halogenated alkanes) is 1. The predicted molar refractivity (Wildman–Crippen MR) is 86.0 cm³/mol. The summed E-state index contributed by atoms with van der Waals surface area (Å²) in [6.07, 6.45) is 2.08. The molecular weight excluding hydrogens is 266 g/mol. The molecule has 0 aliphatic rings. The molecule has 0 aliphatic carbocycles. The van der Waals surface area contributed by atoms with E-state index >= 15 is 0 Å². The number of rotatable bonds is 9. The third kappa shape index (κ3) is 5.83. The van der Waals surface area contributed by atoms with E-state index in [1.165, 1.54) is 0 Å². The Morgan fingerprint density at radius 2 is 2.00 bits per heavy atom. The molecule has 5 heteroatoms. The molecule has 0 aliphatic heterocycles. The minimum atomic E-state index is -0.266. The summed E-state index contributed by atoms with van der Waals surface area (Å²) in [5, 5.41) is 12.0. The second kappa shape index (κ2) is 9.50. The molecule has 5 nitrogen and oxygen atoms in total. The summed E-state index contributed by atoms with van der Waals surface area (Å²) in [5.74, 6) is -0.0555. The molecule has 1 atom stereocenters. The van der Waals surface area contributed by atoms with Gasteiger partial charge in [0.25, 0.3) is 0 Å². The predicted octanol–water partition coefficient (Wildman–Crippen LogP) is 1.57. The van der Waals surface area contributed by atoms with Crippen LogP contribution in [-0.2, 0) is 11.3 Å². The largest absolute Gasteiger partial charge is 0.395 e. The number of anilines is 1. The maximum Gasteiger partial charge on any atom is 0.241 e. The number of nitrogens with two attached hydrogens (primary N) is 1. The monoisotopic (exact) mass is 293 g/mol. The topological polar surface area (TPSA) is 78.6 Å². The first kappa shape index (κ1) is 17.6. The minimum Gasteiger partial charge on any atom is -0.395 e. The van der Waals surface area contributed by atoms with E-state index in [1.54, 1.807) is 0 Å². The average molecular weight is 293 g/mol. The van der Waals surface area contributed by atoms with Crippen molar-refractivity contribution in [1.29, 1.82) is 0 Å². The number of benzene rings is 1. The summed E-state index contributed by atoms with van der Waals surface area (Å²) in [5.41, 5.74) is 7.35. The number of amides is 1. The first-order chi connectivity index (χ1) is 10.1. The Bertz CT molecular complexity index is 420. The molecule has 1 aromatic rings. The lowest BCUT2D eigenvalue weighted by atomic mass is 10.2. The Morgan fingerprint density at radius 3 is 2.52 bits per heavy atom. The molecule has 4 N–H and O–H groups in total. The third-order valence-corrected chi connectivity index (χ3v) is 3.57. The van der Waals surface area contributed by atoms with Gasteiger partial charge < -0.3 is 16.2 Å². The van der Waals surface area contributed by atoms with Crippen LogP contribution in [0.1, 0.15) is 32.3 Å². The van der Waals surface area contributed by atoms with E-state index in [-0.39, 0.29) is 18.6 Å². The third-order valence-electron chi connectivity index (χ3n) is 3.57. The van der Waals surface area contributed by atoms with Gasteiger partial charge in [0.05, 0.1) is 12.6 Å². The lowest BCUT2D eigenvalue weighted by molar-refractivity contribution is -0.120. The van der Waals surface area contributed by atoms with Gasteiger partial charge in [0, 0.05) is 18.8 Å². The SMILES string of the molecule is CCCCN(CCO)C(C)C(=O)Nc1ccc(CN)cc1. The highest BCUT2D eigenvalue weighted by Crippen LogP contribution is 2.11. The molecule has 0 radical (unpaired) electrons. The van der Waals surface area contributed by atoms with Crippen molar-refractivity contribution >= 4 is 11.6 Å². The summed E-state index contributed by atoms with van der Waals surface area (Å²) < 4.78 is 0. The van der Waals surface area contributed by atoms with Crippen molar-refractivity contribution < 1.29 is 9.90 Å². The molecule has 0 heterocycles. The lowest BCUT2D eigenvalue weighted by Gasteiger charge is -2.27. The van der Waals surface area contributed by atoms with Crippen LogP contribution in [0.4, 0.5) is 5.69 Å². The second-order valence-electron chi connectivity index (χ2n) is 5.18. The summed E-state index contributed by atoms with van der Waals surface area (Å²) in [4.78, 5) is 14.3. The number of carbonyl (C=O) groups excluding carboxylic acids is 1. The zero-order chi connectivity index (χ0) is 15.7. The first-order valence-corrected chi connectivity index (χ1v) is 7.57. The zero-order valence-electron chi connectivity index (χ0n) is 13.0. The van der Waals surface area contributed by atoms with Crippen molar-refractivity contribution in [3.63, 3.8) is 0 Å². The number of hydrogen-bond acceptors (Lipinski definition) is 4. The summed E-state index contributed by atoms with van der Waals surface area (Å²) in [6, 6.07) is 7.26. The van der Waals surface area contributed by atoms with E-state index in [0.717, 1.165) is 30.6 Å². The smallest absolute Gasteiger partial charge is 0.241 e. The van der Waals surface area contributed by atoms with Crippen LogP contribution < -0.4 is 11.1 Å². The Morgan fingerprint density at radius 1 is 1.33 bits per heavy atom. The molecule has 0 fully saturated rings. The number of hydrogen-bond donors (Lipinski definition) is 3. The molecule has 1 amide bonds. The van der Waals surface area contributed by atoms with Crippen LogP contribution >= 0.6 is 0 Å². The Labute approximate surface area is 127 Å². The highest BCUT2D eigenvalue weighted by atomic mass is 16.3. The van der Waals surface area contributed by atoms with Crippen LogP contribution in [0.25, 0.3) is 0 Å². The van der Waals surface area contributed by atoms with Crippen molar-refractivity contribution in [3.05, 3.63) is 29.8 Å². The molecule has 0 saturated heterocycles. The normalized spacial score (nSPS) is 12.4. The first-order valence-electron chi connectivity index (χ1n) is 7.57. The van der Waals surface area contributed by atoms with E-state index < -0.39 is 0 Å². The fourth-order valence-electron chi connectivity index (χ4n) is 2.13. The van der Waals surface area contributed by atoms with Gasteiger partial charge in [0.15, 0.2) is 0 Å². The van der Waals surface area contributed by atoms with E-state index in [9.17, 15) is 4.79 Å². The molecule has 1 rings (SSSR count). The summed E-state index contributed by atoms with van der Waals surface area (Å²) >= 11 is 0. The van der Waals surface area contributed by atoms with Gasteiger partial charge >= 0.3 is 0 Å². The quantitative estimate of drug-likeness (QED) is 0.646. The molecule has 118 valence electrons. The molecule has 1 aromatic carbocycles. The summed E-state index contributed by atoms with van der Waals surface area (Å²) in [7, 11) is 0. The molecule has 21 heavy (non-hydrogen) atoms. The van der Waals surface area contributed by atoms with Crippen molar-refractivity contribution in [2.45, 2.75) is 39.3 Å². The van der Waals surface area contributed by atoms with Crippen LogP contribution in [0, 0.1) is 0 Å². The fourth-order valence-corrected chi connectivity index (χ4v) is 2.13. The number of aliphatic hydroxyl groups excluding tert-OH is 1. The molecule has 0 bridgehead atoms. The van der Waals surface area contributed by atoms with Crippen molar-refractivity contribution in [2.24, 2.45) is 5.73 Å². The molecular formula is C16H27N3O2. The molecule has 0 spiro atoms. The van der Waals surface area contributed by atoms with Gasteiger partial charge in [-0.2, -0.15) is 0 Å². The standard InChI is InChI=1S/C16H27N3O2/c1-3-4-9-19(10-11-20)13(2)16(21)18-15-7-5-14(12-17)6-8-15/h5-8,13,20H,3-4,9-12,17H2,1-2H3,(H,18,21). The van der Waals surface area contributed by atoms with Gasteiger partial charge in [-0.25, -0.2) is 0 Å². The molecule has 0 saturated carbocycles. The van der Waals surface area contributed by atoms with Crippen LogP contribution in [0.3, 0.4) is 0 Å². The maximum absolute atomic E-state index is 12.3. The number of nitrogens with one attached hydrogen (secondary N) is 1. The van der Waals surface area contributed by atoms with Gasteiger partial charge in [0.1, 0.15) is 0 Å². The van der Waals surface area contributed by atoms with Crippen LogP contribution in [0.2, 0.25) is 0 Å². The van der Waals surface area contributed by atoms with Crippen LogP contribution in [0.5, 0.6) is 0 Å². The van der Waals surface area contributed by atoms with Crippen molar-refractivity contribution in [1.82, 2.24) is 4.90 Å². The number of carbonyl (C=O) groups is 1. The zero-order valence-corrected chi connectivity index (χ0v) is 13.0. The molecule has 1 unspecified atom stereocenters. The summed E-state index contributed by atoms with van der Waals surface area (Å²) in [6.45, 7) is 5.87. The second-order valence-corrected chi connectivity index (χ2v) is 5.18. The number of nitrogens with zero attached hydrogens (tertiary/aromatic N) is 1. The highest BCUT2D eigenvalue weighted by Gasteiger charge is 2.20.